The van der Waals surface area contributed by atoms with Crippen LogP contribution in [-0.4, -0.2) is 29.0 Å². The van der Waals surface area contributed by atoms with Crippen LogP contribution in [0.4, 0.5) is 5.82 Å². The van der Waals surface area contributed by atoms with Crippen LogP contribution < -0.4 is 10.2 Å². The van der Waals surface area contributed by atoms with Crippen LogP contribution in [0.5, 0.6) is 0 Å². The van der Waals surface area contributed by atoms with E-state index in [0.29, 0.717) is 18.8 Å². The molecule has 5 heteroatoms. The zero-order valence-electron chi connectivity index (χ0n) is 16.3. The molecule has 28 heavy (non-hydrogen) atoms. The van der Waals surface area contributed by atoms with Gasteiger partial charge in [0.15, 0.2) is 0 Å². The maximum atomic E-state index is 12.5. The Morgan fingerprint density at radius 2 is 1.82 bits per heavy atom. The van der Waals surface area contributed by atoms with Crippen LogP contribution in [0.2, 0.25) is 0 Å². The molecule has 4 rings (SSSR count). The number of rotatable bonds is 5. The van der Waals surface area contributed by atoms with Crippen LogP contribution in [0.15, 0.2) is 48.5 Å². The minimum atomic E-state index is -0.0130. The molecule has 1 saturated heterocycles. The van der Waals surface area contributed by atoms with E-state index in [1.165, 1.54) is 19.3 Å². The molecule has 144 valence electrons. The minimum Gasteiger partial charge on any atom is -0.357 e. The monoisotopic (exact) mass is 374 g/mol. The first kappa shape index (κ1) is 18.4. The maximum absolute atomic E-state index is 12.5. The molecule has 3 aromatic rings. The fraction of sp³-hybridized carbons (Fsp3) is 0.348. The lowest BCUT2D eigenvalue weighted by atomic mass is 10.0. The third-order valence-electron chi connectivity index (χ3n) is 5.24. The first-order valence-electron chi connectivity index (χ1n) is 10.0. The van der Waals surface area contributed by atoms with Gasteiger partial charge in [-0.2, -0.15) is 0 Å². The molecular formula is C23H26N4O. The molecule has 5 nitrogen and oxygen atoms in total. The summed E-state index contributed by atoms with van der Waals surface area (Å²) >= 11 is 0. The highest BCUT2D eigenvalue weighted by molar-refractivity contribution is 5.90. The number of carbonyl (C=O) groups excluding carboxylic acids is 1. The number of amides is 1. The average molecular weight is 374 g/mol. The van der Waals surface area contributed by atoms with Crippen LogP contribution in [0.25, 0.3) is 10.8 Å². The van der Waals surface area contributed by atoms with Gasteiger partial charge in [-0.15, -0.1) is 0 Å². The molecule has 0 atom stereocenters. The van der Waals surface area contributed by atoms with Crippen LogP contribution in [-0.2, 0) is 17.8 Å². The number of fused-ring (bicyclic) bond motifs is 1. The maximum Gasteiger partial charge on any atom is 0.224 e. The lowest BCUT2D eigenvalue weighted by Gasteiger charge is -2.28. The fourth-order valence-electron chi connectivity index (χ4n) is 3.84. The lowest BCUT2D eigenvalue weighted by Crippen LogP contribution is -2.31. The standard InChI is InChI=1S/C23H26N4O/c1-17-14-22(27-12-5-2-6-13-27)26-21(25-17)16-24-23(28)15-19-10-7-9-18-8-3-4-11-20(18)19/h3-4,7-11,14H,2,5-6,12-13,15-16H2,1H3,(H,24,28). The summed E-state index contributed by atoms with van der Waals surface area (Å²) < 4.78 is 0. The highest BCUT2D eigenvalue weighted by Gasteiger charge is 2.14. The molecule has 2 aromatic carbocycles. The van der Waals surface area contributed by atoms with Crippen molar-refractivity contribution in [3.63, 3.8) is 0 Å². The van der Waals surface area contributed by atoms with Crippen LogP contribution in [0, 0.1) is 6.92 Å². The molecule has 2 heterocycles. The van der Waals surface area contributed by atoms with Gasteiger partial charge in [0, 0.05) is 24.8 Å². The normalized spacial score (nSPS) is 14.2. The highest BCUT2D eigenvalue weighted by atomic mass is 16.1. The van der Waals surface area contributed by atoms with Gasteiger partial charge in [-0.1, -0.05) is 42.5 Å². The summed E-state index contributed by atoms with van der Waals surface area (Å²) in [5.41, 5.74) is 1.98. The molecule has 1 aliphatic rings. The minimum absolute atomic E-state index is 0.0130. The predicted octanol–water partition coefficient (Wildman–Crippen LogP) is 3.79. The molecule has 0 spiro atoms. The number of nitrogens with zero attached hydrogens (tertiary/aromatic N) is 3. The number of anilines is 1. The molecule has 1 amide bonds. The molecule has 1 N–H and O–H groups in total. The predicted molar refractivity (Wildman–Crippen MR) is 112 cm³/mol. The number of aromatic nitrogens is 2. The molecule has 0 bridgehead atoms. The van der Waals surface area contributed by atoms with E-state index in [2.05, 4.69) is 38.4 Å². The molecular weight excluding hydrogens is 348 g/mol. The number of carbonyl (C=O) groups is 1. The molecule has 0 aliphatic carbocycles. The Balaban J connectivity index is 1.42. The van der Waals surface area contributed by atoms with Crippen molar-refractivity contribution in [3.05, 3.63) is 65.6 Å². The van der Waals surface area contributed by atoms with Gasteiger partial charge in [-0.3, -0.25) is 4.79 Å². The number of hydrogen-bond acceptors (Lipinski definition) is 4. The first-order valence-corrected chi connectivity index (χ1v) is 10.0. The van der Waals surface area contributed by atoms with E-state index in [1.807, 2.05) is 37.3 Å². The van der Waals surface area contributed by atoms with E-state index < -0.39 is 0 Å². The Hall–Kier alpha value is -2.95. The molecule has 1 aromatic heterocycles. The summed E-state index contributed by atoms with van der Waals surface area (Å²) in [4.78, 5) is 24.0. The Bertz CT molecular complexity index is 974. The van der Waals surface area contributed by atoms with Crippen molar-refractivity contribution < 1.29 is 4.79 Å². The van der Waals surface area contributed by atoms with Crippen molar-refractivity contribution in [2.45, 2.75) is 39.2 Å². The molecule has 0 radical (unpaired) electrons. The Kier molecular flexibility index (Phi) is 5.51. The van der Waals surface area contributed by atoms with E-state index in [0.717, 1.165) is 40.9 Å². The Morgan fingerprint density at radius 1 is 1.04 bits per heavy atom. The number of aryl methyl sites for hydroxylation is 1. The molecule has 0 saturated carbocycles. The fourth-order valence-corrected chi connectivity index (χ4v) is 3.84. The van der Waals surface area contributed by atoms with Crippen molar-refractivity contribution >= 4 is 22.5 Å². The zero-order chi connectivity index (χ0) is 19.3. The van der Waals surface area contributed by atoms with Gasteiger partial charge in [0.2, 0.25) is 5.91 Å². The molecule has 0 unspecified atom stereocenters. The summed E-state index contributed by atoms with van der Waals surface area (Å²) in [5, 5.41) is 5.27. The van der Waals surface area contributed by atoms with Crippen molar-refractivity contribution in [3.8, 4) is 0 Å². The van der Waals surface area contributed by atoms with Crippen molar-refractivity contribution in [1.29, 1.82) is 0 Å². The van der Waals surface area contributed by atoms with Crippen molar-refractivity contribution in [2.75, 3.05) is 18.0 Å². The van der Waals surface area contributed by atoms with Gasteiger partial charge in [0.05, 0.1) is 13.0 Å². The molecule has 1 fully saturated rings. The van der Waals surface area contributed by atoms with Crippen LogP contribution in [0.3, 0.4) is 0 Å². The van der Waals surface area contributed by atoms with E-state index in [4.69, 9.17) is 0 Å². The summed E-state index contributed by atoms with van der Waals surface area (Å²) in [6.45, 7) is 4.43. The van der Waals surface area contributed by atoms with Crippen LogP contribution >= 0.6 is 0 Å². The summed E-state index contributed by atoms with van der Waals surface area (Å²) in [6.07, 6.45) is 4.06. The topological polar surface area (TPSA) is 58.1 Å². The lowest BCUT2D eigenvalue weighted by molar-refractivity contribution is -0.120. The largest absolute Gasteiger partial charge is 0.357 e. The number of hydrogen-bond donors (Lipinski definition) is 1. The number of benzene rings is 2. The number of nitrogens with one attached hydrogen (secondary N) is 1. The van der Waals surface area contributed by atoms with Crippen molar-refractivity contribution in [2.24, 2.45) is 0 Å². The number of piperidine rings is 1. The third-order valence-corrected chi connectivity index (χ3v) is 5.24. The van der Waals surface area contributed by atoms with E-state index in [9.17, 15) is 4.79 Å². The second kappa shape index (κ2) is 8.38. The van der Waals surface area contributed by atoms with Gasteiger partial charge in [-0.25, -0.2) is 9.97 Å². The smallest absolute Gasteiger partial charge is 0.224 e. The van der Waals surface area contributed by atoms with E-state index in [-0.39, 0.29) is 5.91 Å². The SMILES string of the molecule is Cc1cc(N2CCCCC2)nc(CNC(=O)Cc2cccc3ccccc23)n1. The summed E-state index contributed by atoms with van der Waals surface area (Å²) in [7, 11) is 0. The summed E-state index contributed by atoms with van der Waals surface area (Å²) in [5.74, 6) is 1.64. The van der Waals surface area contributed by atoms with Gasteiger partial charge in [0.25, 0.3) is 0 Å². The van der Waals surface area contributed by atoms with Gasteiger partial charge in [-0.05, 0) is 42.5 Å². The Labute approximate surface area is 165 Å². The van der Waals surface area contributed by atoms with Crippen molar-refractivity contribution in [1.82, 2.24) is 15.3 Å². The van der Waals surface area contributed by atoms with Gasteiger partial charge < -0.3 is 10.2 Å². The third kappa shape index (κ3) is 4.30. The zero-order valence-corrected chi connectivity index (χ0v) is 16.3. The van der Waals surface area contributed by atoms with Gasteiger partial charge in [0.1, 0.15) is 11.6 Å². The summed E-state index contributed by atoms with van der Waals surface area (Å²) in [6, 6.07) is 16.3. The first-order chi connectivity index (χ1) is 13.7. The van der Waals surface area contributed by atoms with E-state index in [1.54, 1.807) is 0 Å². The second-order valence-corrected chi connectivity index (χ2v) is 7.42. The average Bonchev–Trinajstić information content (AvgIpc) is 2.73. The van der Waals surface area contributed by atoms with Crippen LogP contribution in [0.1, 0.15) is 36.3 Å². The second-order valence-electron chi connectivity index (χ2n) is 7.42. The van der Waals surface area contributed by atoms with Gasteiger partial charge >= 0.3 is 0 Å². The quantitative estimate of drug-likeness (QED) is 0.738. The van der Waals surface area contributed by atoms with E-state index >= 15 is 0 Å². The molecule has 1 aliphatic heterocycles. The Morgan fingerprint density at radius 3 is 2.68 bits per heavy atom. The highest BCUT2D eigenvalue weighted by Crippen LogP contribution is 2.20.